The van der Waals surface area contributed by atoms with Gasteiger partial charge in [-0.3, -0.25) is 9.97 Å². The number of thiol groups is 1. The minimum atomic E-state index is 0.839. The standard InChI is InChI=1S/C8H12N2S/c1-2-7-8(3-6-11)10-5-4-9-7/h4-5,11H,2-3,6H2,1H3. The van der Waals surface area contributed by atoms with Crippen LogP contribution in [0, 0.1) is 0 Å². The van der Waals surface area contributed by atoms with Crippen molar-refractivity contribution in [2.75, 3.05) is 5.75 Å². The molecule has 0 aliphatic carbocycles. The summed E-state index contributed by atoms with van der Waals surface area (Å²) in [4.78, 5) is 8.45. The Bertz CT molecular complexity index is 225. The highest BCUT2D eigenvalue weighted by Crippen LogP contribution is 2.03. The van der Waals surface area contributed by atoms with Crippen LogP contribution in [0.25, 0.3) is 0 Å². The van der Waals surface area contributed by atoms with Gasteiger partial charge < -0.3 is 0 Å². The number of aromatic nitrogens is 2. The van der Waals surface area contributed by atoms with Crippen molar-refractivity contribution in [1.29, 1.82) is 0 Å². The number of hydrogen-bond acceptors (Lipinski definition) is 3. The molecule has 0 aliphatic rings. The van der Waals surface area contributed by atoms with Gasteiger partial charge in [-0.2, -0.15) is 12.6 Å². The summed E-state index contributed by atoms with van der Waals surface area (Å²) in [5.41, 5.74) is 2.19. The zero-order chi connectivity index (χ0) is 8.10. The number of aryl methyl sites for hydroxylation is 2. The van der Waals surface area contributed by atoms with Crippen LogP contribution in [0.4, 0.5) is 0 Å². The molecule has 1 rings (SSSR count). The number of hydrogen-bond donors (Lipinski definition) is 1. The van der Waals surface area contributed by atoms with Crippen molar-refractivity contribution < 1.29 is 0 Å². The predicted molar refractivity (Wildman–Crippen MR) is 49.0 cm³/mol. The van der Waals surface area contributed by atoms with E-state index in [0.717, 1.165) is 30.0 Å². The van der Waals surface area contributed by atoms with E-state index in [1.54, 1.807) is 12.4 Å². The Morgan fingerprint density at radius 1 is 1.27 bits per heavy atom. The van der Waals surface area contributed by atoms with Gasteiger partial charge in [0.2, 0.25) is 0 Å². The molecule has 0 aromatic carbocycles. The van der Waals surface area contributed by atoms with Gasteiger partial charge >= 0.3 is 0 Å². The van der Waals surface area contributed by atoms with Crippen molar-refractivity contribution in [2.45, 2.75) is 19.8 Å². The quantitative estimate of drug-likeness (QED) is 0.692. The number of rotatable bonds is 3. The molecule has 1 aromatic heterocycles. The molecule has 0 atom stereocenters. The zero-order valence-corrected chi connectivity index (χ0v) is 7.51. The van der Waals surface area contributed by atoms with Gasteiger partial charge in [0.15, 0.2) is 0 Å². The molecule has 2 nitrogen and oxygen atoms in total. The first kappa shape index (κ1) is 8.53. The van der Waals surface area contributed by atoms with E-state index in [0.29, 0.717) is 0 Å². The molecule has 60 valence electrons. The van der Waals surface area contributed by atoms with Crippen LogP contribution in [0.3, 0.4) is 0 Å². The van der Waals surface area contributed by atoms with Gasteiger partial charge in [0.1, 0.15) is 0 Å². The molecule has 0 saturated heterocycles. The Kier molecular flexibility index (Phi) is 3.36. The summed E-state index contributed by atoms with van der Waals surface area (Å²) < 4.78 is 0. The largest absolute Gasteiger partial charge is 0.258 e. The van der Waals surface area contributed by atoms with Gasteiger partial charge in [-0.1, -0.05) is 6.92 Å². The molecule has 0 amide bonds. The highest BCUT2D eigenvalue weighted by Gasteiger charge is 1.99. The lowest BCUT2D eigenvalue weighted by molar-refractivity contribution is 0.909. The molecule has 0 unspecified atom stereocenters. The molecule has 0 spiro atoms. The maximum absolute atomic E-state index is 4.23. The third-order valence-electron chi connectivity index (χ3n) is 1.54. The Balaban J connectivity index is 2.83. The third-order valence-corrected chi connectivity index (χ3v) is 1.77. The van der Waals surface area contributed by atoms with Crippen molar-refractivity contribution in [1.82, 2.24) is 9.97 Å². The minimum Gasteiger partial charge on any atom is -0.258 e. The molecule has 0 saturated carbocycles. The summed E-state index contributed by atoms with van der Waals surface area (Å²) in [6, 6.07) is 0. The Labute approximate surface area is 72.5 Å². The molecule has 0 N–H and O–H groups in total. The van der Waals surface area contributed by atoms with Gasteiger partial charge in [0, 0.05) is 18.8 Å². The highest BCUT2D eigenvalue weighted by molar-refractivity contribution is 7.80. The summed E-state index contributed by atoms with van der Waals surface area (Å²) in [5.74, 6) is 0.839. The molecule has 0 bridgehead atoms. The molecule has 0 radical (unpaired) electrons. The van der Waals surface area contributed by atoms with Crippen molar-refractivity contribution in [3.63, 3.8) is 0 Å². The fourth-order valence-corrected chi connectivity index (χ4v) is 1.22. The van der Waals surface area contributed by atoms with Crippen LogP contribution in [0.5, 0.6) is 0 Å². The lowest BCUT2D eigenvalue weighted by Gasteiger charge is -2.01. The lowest BCUT2D eigenvalue weighted by atomic mass is 10.2. The van der Waals surface area contributed by atoms with Crippen LogP contribution in [0.15, 0.2) is 12.4 Å². The van der Waals surface area contributed by atoms with Gasteiger partial charge in [-0.25, -0.2) is 0 Å². The monoisotopic (exact) mass is 168 g/mol. The van der Waals surface area contributed by atoms with Gasteiger partial charge in [0.25, 0.3) is 0 Å². The van der Waals surface area contributed by atoms with Crippen LogP contribution in [-0.2, 0) is 12.8 Å². The maximum Gasteiger partial charge on any atom is 0.0626 e. The van der Waals surface area contributed by atoms with E-state index in [4.69, 9.17) is 0 Å². The molecule has 11 heavy (non-hydrogen) atoms. The second-order valence-corrected chi connectivity index (χ2v) is 2.72. The average molecular weight is 168 g/mol. The van der Waals surface area contributed by atoms with E-state index in [9.17, 15) is 0 Å². The van der Waals surface area contributed by atoms with E-state index in [2.05, 4.69) is 29.5 Å². The summed E-state index contributed by atoms with van der Waals surface area (Å²) >= 11 is 4.15. The third kappa shape index (κ3) is 2.19. The lowest BCUT2D eigenvalue weighted by Crippen LogP contribution is -1.99. The summed E-state index contributed by atoms with van der Waals surface area (Å²) in [5, 5.41) is 0. The highest BCUT2D eigenvalue weighted by atomic mass is 32.1. The van der Waals surface area contributed by atoms with Crippen molar-refractivity contribution >= 4 is 12.6 Å². The maximum atomic E-state index is 4.23. The number of nitrogens with zero attached hydrogens (tertiary/aromatic N) is 2. The van der Waals surface area contributed by atoms with Crippen LogP contribution in [0.1, 0.15) is 18.3 Å². The predicted octanol–water partition coefficient (Wildman–Crippen LogP) is 1.51. The van der Waals surface area contributed by atoms with Crippen LogP contribution in [-0.4, -0.2) is 15.7 Å². The van der Waals surface area contributed by atoms with Gasteiger partial charge in [-0.15, -0.1) is 0 Å². The van der Waals surface area contributed by atoms with Crippen LogP contribution in [0.2, 0.25) is 0 Å². The first-order valence-corrected chi connectivity index (χ1v) is 4.41. The molecule has 0 fully saturated rings. The SMILES string of the molecule is CCc1nccnc1CCS. The van der Waals surface area contributed by atoms with E-state index in [1.807, 2.05) is 0 Å². The topological polar surface area (TPSA) is 25.8 Å². The second kappa shape index (κ2) is 4.34. The molecule has 1 heterocycles. The fraction of sp³-hybridized carbons (Fsp3) is 0.500. The first-order chi connectivity index (χ1) is 5.38. The summed E-state index contributed by atoms with van der Waals surface area (Å²) in [7, 11) is 0. The van der Waals surface area contributed by atoms with Crippen molar-refractivity contribution in [2.24, 2.45) is 0 Å². The van der Waals surface area contributed by atoms with Crippen LogP contribution >= 0.6 is 12.6 Å². The van der Waals surface area contributed by atoms with Crippen LogP contribution < -0.4 is 0 Å². The summed E-state index contributed by atoms with van der Waals surface area (Å²) in [6.07, 6.45) is 5.34. The Hall–Kier alpha value is -0.570. The molecule has 1 aromatic rings. The molecule has 0 aliphatic heterocycles. The molecule has 3 heteroatoms. The minimum absolute atomic E-state index is 0.839. The van der Waals surface area contributed by atoms with Crippen molar-refractivity contribution in [3.8, 4) is 0 Å². The first-order valence-electron chi connectivity index (χ1n) is 3.78. The molecular weight excluding hydrogens is 156 g/mol. The normalized spacial score (nSPS) is 10.0. The molecular formula is C8H12N2S. The van der Waals surface area contributed by atoms with E-state index in [1.165, 1.54) is 0 Å². The smallest absolute Gasteiger partial charge is 0.0626 e. The Morgan fingerprint density at radius 2 is 1.91 bits per heavy atom. The average Bonchev–Trinajstić information content (AvgIpc) is 2.06. The van der Waals surface area contributed by atoms with E-state index >= 15 is 0 Å². The van der Waals surface area contributed by atoms with Gasteiger partial charge in [0.05, 0.1) is 11.4 Å². The van der Waals surface area contributed by atoms with Gasteiger partial charge in [-0.05, 0) is 12.2 Å². The zero-order valence-electron chi connectivity index (χ0n) is 6.62. The van der Waals surface area contributed by atoms with E-state index in [-0.39, 0.29) is 0 Å². The second-order valence-electron chi connectivity index (χ2n) is 2.28. The summed E-state index contributed by atoms with van der Waals surface area (Å²) in [6.45, 7) is 2.09. The van der Waals surface area contributed by atoms with Crippen molar-refractivity contribution in [3.05, 3.63) is 23.8 Å². The van der Waals surface area contributed by atoms with E-state index < -0.39 is 0 Å². The fourth-order valence-electron chi connectivity index (χ4n) is 1.01. The Morgan fingerprint density at radius 3 is 2.45 bits per heavy atom.